The van der Waals surface area contributed by atoms with Crippen molar-refractivity contribution in [2.45, 2.75) is 31.7 Å². The van der Waals surface area contributed by atoms with Gasteiger partial charge in [-0.05, 0) is 29.9 Å². The summed E-state index contributed by atoms with van der Waals surface area (Å²) in [5.41, 5.74) is 5.25. The molecule has 0 aromatic heterocycles. The monoisotopic (exact) mass is 263 g/mol. The molecular formula is C12H16F3NS. The first-order valence-electron chi connectivity index (χ1n) is 5.48. The first kappa shape index (κ1) is 14.2. The van der Waals surface area contributed by atoms with Crippen LogP contribution in [0.5, 0.6) is 0 Å². The van der Waals surface area contributed by atoms with Crippen LogP contribution in [0.1, 0.15) is 30.9 Å². The minimum Gasteiger partial charge on any atom is -0.399 e. The minimum absolute atomic E-state index is 0.152. The smallest absolute Gasteiger partial charge is 0.399 e. The molecule has 0 atom stereocenters. The van der Waals surface area contributed by atoms with E-state index in [1.165, 1.54) is 23.9 Å². The van der Waals surface area contributed by atoms with Gasteiger partial charge >= 0.3 is 6.18 Å². The number of thioether (sulfide) groups is 1. The molecule has 0 heterocycles. The number of hydrogen-bond acceptors (Lipinski definition) is 2. The zero-order valence-electron chi connectivity index (χ0n) is 9.68. The zero-order valence-corrected chi connectivity index (χ0v) is 10.5. The van der Waals surface area contributed by atoms with Crippen molar-refractivity contribution in [1.82, 2.24) is 0 Å². The van der Waals surface area contributed by atoms with E-state index in [2.05, 4.69) is 6.92 Å². The lowest BCUT2D eigenvalue weighted by molar-refractivity contribution is -0.138. The minimum atomic E-state index is -4.32. The second-order valence-corrected chi connectivity index (χ2v) is 4.93. The molecule has 5 heteroatoms. The number of benzene rings is 1. The fourth-order valence-electron chi connectivity index (χ4n) is 1.41. The van der Waals surface area contributed by atoms with E-state index >= 15 is 0 Å². The molecule has 0 saturated carbocycles. The quantitative estimate of drug-likeness (QED) is 0.632. The maximum atomic E-state index is 12.7. The highest BCUT2D eigenvalue weighted by Gasteiger charge is 2.33. The lowest BCUT2D eigenvalue weighted by atomic mass is 10.1. The Hall–Kier alpha value is -0.840. The van der Waals surface area contributed by atoms with E-state index in [1.807, 2.05) is 0 Å². The summed E-state index contributed by atoms with van der Waals surface area (Å²) in [6.07, 6.45) is -2.24. The molecular weight excluding hydrogens is 247 g/mol. The van der Waals surface area contributed by atoms with E-state index in [4.69, 9.17) is 5.73 Å². The highest BCUT2D eigenvalue weighted by Crippen LogP contribution is 2.34. The predicted octanol–water partition coefficient (Wildman–Crippen LogP) is 4.32. The Morgan fingerprint density at radius 3 is 2.59 bits per heavy atom. The van der Waals surface area contributed by atoms with Gasteiger partial charge in [-0.3, -0.25) is 0 Å². The second-order valence-electron chi connectivity index (χ2n) is 3.82. The van der Waals surface area contributed by atoms with Gasteiger partial charge in [-0.1, -0.05) is 19.4 Å². The lowest BCUT2D eigenvalue weighted by Crippen LogP contribution is -2.09. The third kappa shape index (κ3) is 4.50. The number of halogens is 3. The third-order valence-electron chi connectivity index (χ3n) is 2.34. The molecule has 0 aliphatic heterocycles. The van der Waals surface area contributed by atoms with E-state index < -0.39 is 11.7 Å². The van der Waals surface area contributed by atoms with Gasteiger partial charge in [0.25, 0.3) is 0 Å². The lowest BCUT2D eigenvalue weighted by Gasteiger charge is -2.13. The molecule has 1 nitrogen and oxygen atoms in total. The summed E-state index contributed by atoms with van der Waals surface area (Å²) < 4.78 is 38.2. The summed E-state index contributed by atoms with van der Waals surface area (Å²) in [6, 6.07) is 4.00. The molecule has 0 amide bonds. The number of unbranched alkanes of at least 4 members (excludes halogenated alkanes) is 1. The van der Waals surface area contributed by atoms with Gasteiger partial charge in [0.15, 0.2) is 0 Å². The van der Waals surface area contributed by atoms with E-state index in [1.54, 1.807) is 0 Å². The molecule has 0 spiro atoms. The van der Waals surface area contributed by atoms with Gasteiger partial charge in [0, 0.05) is 11.4 Å². The van der Waals surface area contributed by atoms with Gasteiger partial charge in [-0.25, -0.2) is 0 Å². The van der Waals surface area contributed by atoms with Crippen LogP contribution in [-0.4, -0.2) is 5.75 Å². The van der Waals surface area contributed by atoms with Gasteiger partial charge in [-0.15, -0.1) is 0 Å². The maximum absolute atomic E-state index is 12.7. The summed E-state index contributed by atoms with van der Waals surface area (Å²) in [5.74, 6) is 1.27. The van der Waals surface area contributed by atoms with E-state index in [-0.39, 0.29) is 5.69 Å². The van der Waals surface area contributed by atoms with Gasteiger partial charge in [-0.2, -0.15) is 24.9 Å². The number of alkyl halides is 3. The molecule has 0 aliphatic rings. The maximum Gasteiger partial charge on any atom is 0.416 e. The Balaban J connectivity index is 2.77. The molecule has 0 aliphatic carbocycles. The number of hydrogen-bond donors (Lipinski definition) is 1. The molecule has 1 aromatic rings. The fourth-order valence-corrected chi connectivity index (χ4v) is 2.52. The summed E-state index contributed by atoms with van der Waals surface area (Å²) in [6.45, 7) is 2.06. The second kappa shape index (κ2) is 6.19. The largest absolute Gasteiger partial charge is 0.416 e. The zero-order chi connectivity index (χ0) is 12.9. The van der Waals surface area contributed by atoms with Gasteiger partial charge in [0.2, 0.25) is 0 Å². The van der Waals surface area contributed by atoms with Crippen molar-refractivity contribution in [3.8, 4) is 0 Å². The molecule has 0 unspecified atom stereocenters. The van der Waals surface area contributed by atoms with Crippen molar-refractivity contribution in [2.75, 3.05) is 11.5 Å². The van der Waals surface area contributed by atoms with Crippen LogP contribution in [0.25, 0.3) is 0 Å². The van der Waals surface area contributed by atoms with Crippen molar-refractivity contribution in [2.24, 2.45) is 0 Å². The van der Waals surface area contributed by atoms with Gasteiger partial charge < -0.3 is 5.73 Å². The van der Waals surface area contributed by atoms with Crippen LogP contribution < -0.4 is 5.73 Å². The van der Waals surface area contributed by atoms with Crippen LogP contribution in [0.2, 0.25) is 0 Å². The topological polar surface area (TPSA) is 26.0 Å². The molecule has 1 aromatic carbocycles. The van der Waals surface area contributed by atoms with Crippen molar-refractivity contribution in [3.63, 3.8) is 0 Å². The molecule has 1 rings (SSSR count). The van der Waals surface area contributed by atoms with Crippen LogP contribution in [0.4, 0.5) is 18.9 Å². The molecule has 0 saturated heterocycles. The SMILES string of the molecule is CCCCSCc1ccc(N)cc1C(F)(F)F. The average Bonchev–Trinajstić information content (AvgIpc) is 2.25. The Labute approximate surface area is 104 Å². The van der Waals surface area contributed by atoms with Crippen LogP contribution in [0.3, 0.4) is 0 Å². The van der Waals surface area contributed by atoms with Crippen LogP contribution in [0.15, 0.2) is 18.2 Å². The molecule has 0 radical (unpaired) electrons. The van der Waals surface area contributed by atoms with Crippen molar-refractivity contribution < 1.29 is 13.2 Å². The van der Waals surface area contributed by atoms with E-state index in [0.717, 1.165) is 24.7 Å². The summed E-state index contributed by atoms with van der Waals surface area (Å²) in [5, 5.41) is 0. The fraction of sp³-hybridized carbons (Fsp3) is 0.500. The summed E-state index contributed by atoms with van der Waals surface area (Å²) in [7, 11) is 0. The average molecular weight is 263 g/mol. The highest BCUT2D eigenvalue weighted by atomic mass is 32.2. The predicted molar refractivity (Wildman–Crippen MR) is 66.9 cm³/mol. The summed E-state index contributed by atoms with van der Waals surface area (Å²) in [4.78, 5) is 0. The number of nitrogen functional groups attached to an aromatic ring is 1. The molecule has 0 fully saturated rings. The highest BCUT2D eigenvalue weighted by molar-refractivity contribution is 7.98. The first-order valence-corrected chi connectivity index (χ1v) is 6.64. The summed E-state index contributed by atoms with van der Waals surface area (Å²) >= 11 is 1.53. The van der Waals surface area contributed by atoms with Gasteiger partial charge in [0.05, 0.1) is 5.56 Å². The third-order valence-corrected chi connectivity index (χ3v) is 3.43. The Bertz CT molecular complexity index is 363. The van der Waals surface area contributed by atoms with Crippen molar-refractivity contribution in [1.29, 1.82) is 0 Å². The standard InChI is InChI=1S/C12H16F3NS/c1-2-3-6-17-8-9-4-5-10(16)7-11(9)12(13,14)15/h4-5,7H,2-3,6,8,16H2,1H3. The molecule has 17 heavy (non-hydrogen) atoms. The normalized spacial score (nSPS) is 11.8. The number of anilines is 1. The Morgan fingerprint density at radius 2 is 2.00 bits per heavy atom. The number of rotatable bonds is 5. The molecule has 2 N–H and O–H groups in total. The first-order chi connectivity index (χ1) is 7.95. The van der Waals surface area contributed by atoms with Gasteiger partial charge in [0.1, 0.15) is 0 Å². The van der Waals surface area contributed by atoms with Crippen molar-refractivity contribution in [3.05, 3.63) is 29.3 Å². The van der Waals surface area contributed by atoms with Crippen LogP contribution in [-0.2, 0) is 11.9 Å². The van der Waals surface area contributed by atoms with E-state index in [9.17, 15) is 13.2 Å². The Morgan fingerprint density at radius 1 is 1.29 bits per heavy atom. The van der Waals surface area contributed by atoms with E-state index in [0.29, 0.717) is 11.3 Å². The van der Waals surface area contributed by atoms with Crippen LogP contribution >= 0.6 is 11.8 Å². The number of nitrogens with two attached hydrogens (primary N) is 1. The molecule has 96 valence electrons. The van der Waals surface area contributed by atoms with Crippen LogP contribution in [0, 0.1) is 0 Å². The van der Waals surface area contributed by atoms with Crippen molar-refractivity contribution >= 4 is 17.4 Å². The molecule has 0 bridgehead atoms. The Kier molecular flexibility index (Phi) is 5.18.